The van der Waals surface area contributed by atoms with E-state index in [1.54, 1.807) is 0 Å². The van der Waals surface area contributed by atoms with Gasteiger partial charge in [-0.3, -0.25) is 0 Å². The van der Waals surface area contributed by atoms with Gasteiger partial charge in [0.1, 0.15) is 17.7 Å². The summed E-state index contributed by atoms with van der Waals surface area (Å²) in [5.74, 6) is 3.26. The summed E-state index contributed by atoms with van der Waals surface area (Å²) >= 11 is 0. The van der Waals surface area contributed by atoms with Crippen molar-refractivity contribution in [1.29, 1.82) is 0 Å². The Labute approximate surface area is 297 Å². The molecule has 1 aliphatic heterocycles. The quantitative estimate of drug-likeness (QED) is 0.185. The van der Waals surface area contributed by atoms with Crippen LogP contribution in [0.5, 0.6) is 5.75 Å². The molecule has 0 bridgehead atoms. The summed E-state index contributed by atoms with van der Waals surface area (Å²) in [5, 5.41) is 4.55. The number of aromatic nitrogens is 3. The Hall–Kier alpha value is -6.31. The molecule has 242 valence electrons. The smallest absolute Gasteiger partial charge is 0.167 e. The molecule has 0 saturated heterocycles. The van der Waals surface area contributed by atoms with Gasteiger partial charge in [-0.1, -0.05) is 134 Å². The molecule has 0 amide bonds. The Bertz CT molecular complexity index is 2550. The highest BCUT2D eigenvalue weighted by Gasteiger charge is 2.35. The van der Waals surface area contributed by atoms with E-state index in [1.165, 1.54) is 27.5 Å². The average molecular weight is 656 g/mol. The normalized spacial score (nSPS) is 21.3. The number of ether oxygens (including phenoxy) is 1. The Morgan fingerprint density at radius 3 is 2.43 bits per heavy atom. The topological polar surface area (TPSA) is 47.9 Å². The molecule has 10 rings (SSSR count). The van der Waals surface area contributed by atoms with Gasteiger partial charge in [-0.05, 0) is 70.7 Å². The monoisotopic (exact) mass is 655 g/mol. The molecule has 51 heavy (non-hydrogen) atoms. The van der Waals surface area contributed by atoms with E-state index in [0.29, 0.717) is 11.6 Å². The number of allylic oxidation sites excluding steroid dienone is 10. The molecule has 0 saturated carbocycles. The summed E-state index contributed by atoms with van der Waals surface area (Å²) in [6.07, 6.45) is 25.8. The summed E-state index contributed by atoms with van der Waals surface area (Å²) in [5.41, 5.74) is 6.73. The van der Waals surface area contributed by atoms with E-state index in [0.717, 1.165) is 51.9 Å². The molecule has 4 atom stereocenters. The van der Waals surface area contributed by atoms with Crippen LogP contribution in [0.15, 0.2) is 152 Å². The van der Waals surface area contributed by atoms with E-state index in [1.807, 2.05) is 6.07 Å². The number of rotatable bonds is 5. The molecule has 3 aliphatic carbocycles. The van der Waals surface area contributed by atoms with Crippen LogP contribution in [0.4, 0.5) is 0 Å². The molecule has 0 radical (unpaired) electrons. The fourth-order valence-corrected chi connectivity index (χ4v) is 8.05. The standard InChI is InChI=1S/C47H33N3O/c1-2-12-31(13-3-1)38-29-28-32-15-5-7-18-37(32)43(38)47-49-45(34-26-24-33(25-27-34)36-20-10-16-30-14-4-6-17-35(30)36)48-46(50-47)41-22-11-21-40-39-19-8-9-23-42(39)51-44(40)41/h1-4,6-12,14,16-26,28-29,31,34,39,42H,13,27H2. The highest BCUT2D eigenvalue weighted by atomic mass is 16.5. The van der Waals surface area contributed by atoms with Crippen molar-refractivity contribution >= 4 is 27.1 Å². The first-order valence-electron chi connectivity index (χ1n) is 17.7. The number of fused-ring (bicyclic) bond motifs is 5. The van der Waals surface area contributed by atoms with E-state index in [2.05, 4.69) is 158 Å². The fraction of sp³-hybridized carbons (Fsp3) is 0.128. The second kappa shape index (κ2) is 12.2. The second-order valence-corrected chi connectivity index (χ2v) is 13.6. The van der Waals surface area contributed by atoms with Gasteiger partial charge >= 0.3 is 0 Å². The summed E-state index contributed by atoms with van der Waals surface area (Å²) in [6.45, 7) is 0. The zero-order valence-electron chi connectivity index (χ0n) is 27.9. The van der Waals surface area contributed by atoms with E-state index >= 15 is 0 Å². The van der Waals surface area contributed by atoms with Gasteiger partial charge in [0.05, 0.1) is 5.56 Å². The van der Waals surface area contributed by atoms with Gasteiger partial charge < -0.3 is 4.74 Å². The van der Waals surface area contributed by atoms with Crippen LogP contribution in [0.25, 0.3) is 49.9 Å². The molecular weight excluding hydrogens is 623 g/mol. The largest absolute Gasteiger partial charge is 0.484 e. The first-order chi connectivity index (χ1) is 25.3. The maximum Gasteiger partial charge on any atom is 0.167 e. The van der Waals surface area contributed by atoms with Crippen molar-refractivity contribution in [2.45, 2.75) is 36.7 Å². The molecule has 4 nitrogen and oxygen atoms in total. The Kier molecular flexibility index (Phi) is 7.10. The second-order valence-electron chi connectivity index (χ2n) is 13.6. The first kappa shape index (κ1) is 29.6. The number of para-hydroxylation sites is 1. The van der Waals surface area contributed by atoms with Crippen LogP contribution < -0.4 is 4.74 Å². The third kappa shape index (κ3) is 5.13. The van der Waals surface area contributed by atoms with Gasteiger partial charge in [0.15, 0.2) is 11.6 Å². The molecule has 1 aromatic heterocycles. The maximum atomic E-state index is 6.63. The van der Waals surface area contributed by atoms with Crippen LogP contribution in [0.1, 0.15) is 53.1 Å². The molecule has 0 N–H and O–H groups in total. The van der Waals surface area contributed by atoms with Crippen molar-refractivity contribution in [3.8, 4) is 28.5 Å². The van der Waals surface area contributed by atoms with Gasteiger partial charge in [-0.25, -0.2) is 15.0 Å². The molecule has 2 heterocycles. The number of hydrogen-bond donors (Lipinski definition) is 0. The predicted octanol–water partition coefficient (Wildman–Crippen LogP) is 10.8. The van der Waals surface area contributed by atoms with Crippen molar-refractivity contribution in [3.05, 3.63) is 186 Å². The first-order valence-corrected chi connectivity index (χ1v) is 17.7. The Balaban J connectivity index is 1.14. The number of hydrogen-bond acceptors (Lipinski definition) is 4. The zero-order chi connectivity index (χ0) is 33.7. The third-order valence-electron chi connectivity index (χ3n) is 10.6. The Morgan fingerprint density at radius 2 is 1.51 bits per heavy atom. The van der Waals surface area contributed by atoms with Crippen LogP contribution in [-0.4, -0.2) is 21.1 Å². The van der Waals surface area contributed by atoms with E-state index < -0.39 is 0 Å². The van der Waals surface area contributed by atoms with Crippen molar-refractivity contribution in [2.75, 3.05) is 0 Å². The summed E-state index contributed by atoms with van der Waals surface area (Å²) < 4.78 is 6.63. The molecule has 0 fully saturated rings. The lowest BCUT2D eigenvalue weighted by Gasteiger charge is -2.21. The zero-order valence-corrected chi connectivity index (χ0v) is 27.9. The predicted molar refractivity (Wildman–Crippen MR) is 205 cm³/mol. The average Bonchev–Trinajstić information content (AvgIpc) is 3.59. The summed E-state index contributed by atoms with van der Waals surface area (Å²) in [6, 6.07) is 36.3. The Morgan fingerprint density at radius 1 is 0.647 bits per heavy atom. The van der Waals surface area contributed by atoms with E-state index in [9.17, 15) is 0 Å². The van der Waals surface area contributed by atoms with Crippen LogP contribution in [0.2, 0.25) is 0 Å². The molecular formula is C47H33N3O. The summed E-state index contributed by atoms with van der Waals surface area (Å²) in [4.78, 5) is 15.9. The van der Waals surface area contributed by atoms with Gasteiger partial charge in [-0.15, -0.1) is 0 Å². The lowest BCUT2D eigenvalue weighted by molar-refractivity contribution is 0.269. The lowest BCUT2D eigenvalue weighted by atomic mass is 9.86. The number of benzene rings is 4. The van der Waals surface area contributed by atoms with Crippen LogP contribution >= 0.6 is 0 Å². The minimum atomic E-state index is -0.0339. The van der Waals surface area contributed by atoms with Gasteiger partial charge in [0, 0.05) is 39.7 Å². The van der Waals surface area contributed by atoms with Gasteiger partial charge in [-0.2, -0.15) is 0 Å². The van der Waals surface area contributed by atoms with E-state index in [-0.39, 0.29) is 23.9 Å². The van der Waals surface area contributed by atoms with Crippen molar-refractivity contribution in [1.82, 2.24) is 15.0 Å². The van der Waals surface area contributed by atoms with Crippen molar-refractivity contribution in [2.24, 2.45) is 0 Å². The highest BCUT2D eigenvalue weighted by Crippen LogP contribution is 2.47. The molecule has 0 spiro atoms. The van der Waals surface area contributed by atoms with Gasteiger partial charge in [0.2, 0.25) is 0 Å². The molecule has 5 aromatic carbocycles. The highest BCUT2D eigenvalue weighted by molar-refractivity contribution is 5.97. The van der Waals surface area contributed by atoms with E-state index in [4.69, 9.17) is 19.7 Å². The van der Waals surface area contributed by atoms with Crippen molar-refractivity contribution < 1.29 is 4.74 Å². The summed E-state index contributed by atoms with van der Waals surface area (Å²) in [7, 11) is 0. The minimum Gasteiger partial charge on any atom is -0.484 e. The van der Waals surface area contributed by atoms with Crippen molar-refractivity contribution in [3.63, 3.8) is 0 Å². The molecule has 4 unspecified atom stereocenters. The van der Waals surface area contributed by atoms with Crippen LogP contribution in [0.3, 0.4) is 0 Å². The molecule has 4 aliphatic rings. The molecule has 6 aromatic rings. The number of nitrogens with zero attached hydrogens (tertiary/aromatic N) is 3. The fourth-order valence-electron chi connectivity index (χ4n) is 8.05. The molecule has 4 heteroatoms. The maximum absolute atomic E-state index is 6.63. The van der Waals surface area contributed by atoms with Gasteiger partial charge in [0.25, 0.3) is 0 Å². The van der Waals surface area contributed by atoms with Crippen LogP contribution in [-0.2, 0) is 0 Å². The SMILES string of the molecule is c1ccc2c(-c3nc(-c4cccc5c4OC4C=CC=CC54)nc(C4C=CC(c5cccc6ccccc56)=CC4)n3)c(C3C=CC=CC3)ccc2c#1. The minimum absolute atomic E-state index is 0.0221. The lowest BCUT2D eigenvalue weighted by Crippen LogP contribution is -2.15. The van der Waals surface area contributed by atoms with Crippen LogP contribution in [0, 0.1) is 12.1 Å². The third-order valence-corrected chi connectivity index (χ3v) is 10.6.